The summed E-state index contributed by atoms with van der Waals surface area (Å²) in [5, 5.41) is 38.6. The lowest BCUT2D eigenvalue weighted by atomic mass is 9.77. The van der Waals surface area contributed by atoms with Gasteiger partial charge in [0.25, 0.3) is 18.1 Å². The second kappa shape index (κ2) is 25.5. The zero-order valence-corrected chi connectivity index (χ0v) is 47.7. The molecule has 0 radical (unpaired) electrons. The number of methoxy groups -OCH3 is 1. The smallest absolute Gasteiger partial charge is 0.352 e. The van der Waals surface area contributed by atoms with Crippen LogP contribution in [0.4, 0.5) is 5.13 Å². The molecule has 83 heavy (non-hydrogen) atoms. The van der Waals surface area contributed by atoms with Crippen molar-refractivity contribution >= 4 is 75.0 Å². The van der Waals surface area contributed by atoms with Crippen molar-refractivity contribution in [2.75, 3.05) is 23.9 Å². The summed E-state index contributed by atoms with van der Waals surface area (Å²) >= 11 is 5.13. The molecule has 2 amide bonds. The van der Waals surface area contributed by atoms with Crippen LogP contribution >= 0.6 is 46.4 Å². The van der Waals surface area contributed by atoms with Crippen LogP contribution in [0.25, 0.3) is 0 Å². The van der Waals surface area contributed by atoms with Crippen LogP contribution in [-0.4, -0.2) is 88.2 Å². The molecule has 0 saturated carbocycles. The molecule has 2 unspecified atom stereocenters. The van der Waals surface area contributed by atoms with E-state index in [0.717, 1.165) is 37.6 Å². The standard InChI is InChI=1S/C62H52N8O9S4/c1-38-54(77-34-39-28-30-46(76-2)31-29-39)49(71)32-47(64-38)60(78-55(40-18-8-3-9-19-40)41-20-10-4-11-21-41)79-68-51(56(72)66-52-57(73)70-53(59(74)75)42(36-81-58(52)70)35-80-50-33-63-69-83-50)48-37-82-61(65-48)67-62(43-22-12-5-13-23-43,44-24-14-6-15-25-44)45-26-16-7-17-27-45/h3-33,37,52,55,58,60H,34-36H2,1-2H3,(H,64,71)(H,65,67)(H,66,72)(H,74,75)/t52?,58-,60?/m0/s1. The van der Waals surface area contributed by atoms with Gasteiger partial charge in [0.15, 0.2) is 22.3 Å². The van der Waals surface area contributed by atoms with Crippen molar-refractivity contribution in [3.8, 4) is 17.2 Å². The normalized spacial score (nSPS) is 15.5. The highest BCUT2D eigenvalue weighted by Gasteiger charge is 2.54. The first-order valence-corrected chi connectivity index (χ1v) is 29.7. The summed E-state index contributed by atoms with van der Waals surface area (Å²) < 4.78 is 23.1. The van der Waals surface area contributed by atoms with Gasteiger partial charge in [0.1, 0.15) is 56.7 Å². The van der Waals surface area contributed by atoms with Crippen LogP contribution in [0.2, 0.25) is 0 Å². The third-order valence-electron chi connectivity index (χ3n) is 13.8. The molecule has 6 aromatic carbocycles. The zero-order valence-electron chi connectivity index (χ0n) is 44.5. The summed E-state index contributed by atoms with van der Waals surface area (Å²) in [6.45, 7) is 1.78. The van der Waals surface area contributed by atoms with E-state index in [1.165, 1.54) is 57.4 Å². The number of nitrogens with one attached hydrogen (secondary N) is 2. The number of ether oxygens (including phenoxy) is 3. The Balaban J connectivity index is 0.983. The van der Waals surface area contributed by atoms with Crippen molar-refractivity contribution in [2.45, 2.75) is 47.1 Å². The summed E-state index contributed by atoms with van der Waals surface area (Å²) in [5.74, 6) is -1.60. The van der Waals surface area contributed by atoms with E-state index in [4.69, 9.17) is 29.0 Å². The molecular formula is C62H52N8O9S4. The topological polar surface area (TPSA) is 220 Å². The predicted octanol–water partition coefficient (Wildman–Crippen LogP) is 11.2. The zero-order chi connectivity index (χ0) is 57.3. The highest BCUT2D eigenvalue weighted by Crippen LogP contribution is 2.44. The number of anilines is 1. The Hall–Kier alpha value is -8.86. The number of carbonyl (C=O) groups excluding carboxylic acids is 2. The number of rotatable bonds is 23. The van der Waals surface area contributed by atoms with Gasteiger partial charge >= 0.3 is 5.97 Å². The van der Waals surface area contributed by atoms with Crippen molar-refractivity contribution in [1.82, 2.24) is 29.8 Å². The van der Waals surface area contributed by atoms with E-state index in [1.807, 2.05) is 176 Å². The minimum atomic E-state index is -1.53. The number of carboxylic acids is 1. The van der Waals surface area contributed by atoms with Gasteiger partial charge in [0.05, 0.1) is 19.0 Å². The number of hydrogen-bond acceptors (Lipinski definition) is 18. The van der Waals surface area contributed by atoms with Crippen molar-refractivity contribution in [3.05, 3.63) is 255 Å². The van der Waals surface area contributed by atoms with Gasteiger partial charge in [-0.15, -0.1) is 40.0 Å². The quantitative estimate of drug-likeness (QED) is 0.0117. The first-order chi connectivity index (χ1) is 40.6. The first-order valence-electron chi connectivity index (χ1n) is 26.0. The molecule has 2 aliphatic heterocycles. The van der Waals surface area contributed by atoms with E-state index < -0.39 is 47.1 Å². The summed E-state index contributed by atoms with van der Waals surface area (Å²) in [6.07, 6.45) is -0.733. The van der Waals surface area contributed by atoms with Crippen molar-refractivity contribution in [1.29, 1.82) is 0 Å². The molecule has 1 fully saturated rings. The number of nitrogens with zero attached hydrogens (tertiary/aromatic N) is 6. The Bertz CT molecular complexity index is 3610. The van der Waals surface area contributed by atoms with E-state index in [2.05, 4.69) is 25.4 Å². The third kappa shape index (κ3) is 12.2. The molecule has 3 atom stereocenters. The van der Waals surface area contributed by atoms with Gasteiger partial charge in [-0.1, -0.05) is 173 Å². The molecule has 0 aliphatic carbocycles. The van der Waals surface area contributed by atoms with E-state index in [9.17, 15) is 19.8 Å². The van der Waals surface area contributed by atoms with Gasteiger partial charge in [0.2, 0.25) is 0 Å². The summed E-state index contributed by atoms with van der Waals surface area (Å²) in [6, 6.07) is 56.4. The SMILES string of the molecule is COc1ccc(COc2c(O)cc(C(ON=C(C(=O)NC3C(=O)N4C(C(=O)O)=C(CSc5cnns5)CS[C@@H]34)c3csc(NC(c4ccccc4)(c4ccccc4)c4ccccc4)n3)OC(c3ccccc3)c3ccccc3)nc2C)cc1. The number of thiazole rings is 1. The average Bonchev–Trinajstić information content (AvgIpc) is 4.46. The molecule has 11 rings (SSSR count). The number of aryl methyl sites for hydroxylation is 1. The number of carboxylic acid groups (broad SMARTS) is 1. The molecular weight excluding hydrogens is 1130 g/mol. The second-order valence-electron chi connectivity index (χ2n) is 19.0. The van der Waals surface area contributed by atoms with E-state index in [1.54, 1.807) is 25.6 Å². The maximum absolute atomic E-state index is 15.2. The highest BCUT2D eigenvalue weighted by atomic mass is 32.2. The fourth-order valence-corrected chi connectivity index (χ4v) is 13.5. The second-order valence-corrected chi connectivity index (χ2v) is 23.0. The molecule has 4 N–H and O–H groups in total. The fourth-order valence-electron chi connectivity index (χ4n) is 9.79. The fraction of sp³-hybridized carbons (Fsp3) is 0.161. The van der Waals surface area contributed by atoms with Crippen molar-refractivity contribution in [3.63, 3.8) is 0 Å². The molecule has 1 saturated heterocycles. The molecule has 0 spiro atoms. The van der Waals surface area contributed by atoms with Gasteiger partial charge in [-0.25, -0.2) is 14.8 Å². The van der Waals surface area contributed by atoms with E-state index >= 15 is 4.79 Å². The number of amides is 2. The Labute approximate surface area is 494 Å². The Morgan fingerprint density at radius 1 is 0.831 bits per heavy atom. The lowest BCUT2D eigenvalue weighted by molar-refractivity contribution is -0.170. The number of aromatic hydroxyl groups is 1. The maximum Gasteiger partial charge on any atom is 0.352 e. The van der Waals surface area contributed by atoms with Crippen molar-refractivity contribution < 1.29 is 43.6 Å². The molecule has 9 aromatic rings. The number of thioether (sulfide) groups is 2. The predicted molar refractivity (Wildman–Crippen MR) is 319 cm³/mol. The molecule has 5 heterocycles. The Kier molecular flexibility index (Phi) is 17.2. The number of β-lactam (4-membered cyclic amide) rings is 1. The van der Waals surface area contributed by atoms with Crippen LogP contribution in [0.15, 0.2) is 214 Å². The van der Waals surface area contributed by atoms with Gasteiger partial charge in [0, 0.05) is 23.0 Å². The van der Waals surface area contributed by atoms with Crippen LogP contribution in [0.1, 0.15) is 62.9 Å². The monoisotopic (exact) mass is 1180 g/mol. The van der Waals surface area contributed by atoms with Crippen LogP contribution < -0.4 is 20.1 Å². The molecule has 0 bridgehead atoms. The van der Waals surface area contributed by atoms with Crippen LogP contribution in [0.3, 0.4) is 0 Å². The van der Waals surface area contributed by atoms with Crippen LogP contribution in [0.5, 0.6) is 17.2 Å². The van der Waals surface area contributed by atoms with Crippen molar-refractivity contribution in [2.24, 2.45) is 5.16 Å². The molecule has 418 valence electrons. The number of carbonyl (C=O) groups is 3. The summed E-state index contributed by atoms with van der Waals surface area (Å²) in [4.78, 5) is 59.9. The molecule has 17 nitrogen and oxygen atoms in total. The van der Waals surface area contributed by atoms with E-state index in [0.29, 0.717) is 27.9 Å². The molecule has 2 aliphatic rings. The average molecular weight is 1180 g/mol. The van der Waals surface area contributed by atoms with Gasteiger partial charge in [-0.2, -0.15) is 0 Å². The number of hydrogen-bond donors (Lipinski definition) is 4. The number of benzene rings is 6. The molecule has 21 heteroatoms. The number of aromatic nitrogens is 4. The molecule has 3 aromatic heterocycles. The summed E-state index contributed by atoms with van der Waals surface area (Å²) in [7, 11) is 1.59. The van der Waals surface area contributed by atoms with Crippen LogP contribution in [-0.2, 0) is 36.1 Å². The Morgan fingerprint density at radius 2 is 1.43 bits per heavy atom. The lowest BCUT2D eigenvalue weighted by Crippen LogP contribution is -2.71. The Morgan fingerprint density at radius 3 is 1.99 bits per heavy atom. The maximum atomic E-state index is 15.2. The number of fused-ring (bicyclic) bond motifs is 1. The summed E-state index contributed by atoms with van der Waals surface area (Å²) in [5.41, 5.74) is 4.56. The van der Waals surface area contributed by atoms with Gasteiger partial charge in [-0.3, -0.25) is 14.5 Å². The first kappa shape index (κ1) is 56.0. The lowest BCUT2D eigenvalue weighted by Gasteiger charge is -2.49. The van der Waals surface area contributed by atoms with Gasteiger partial charge in [-0.05, 0) is 69.5 Å². The largest absolute Gasteiger partial charge is 0.504 e. The highest BCUT2D eigenvalue weighted by molar-refractivity contribution is 8.01. The van der Waals surface area contributed by atoms with Crippen LogP contribution in [0, 0.1) is 6.92 Å². The number of oxime groups is 1. The minimum absolute atomic E-state index is 0.0664. The number of pyridine rings is 1. The minimum Gasteiger partial charge on any atom is -0.504 e. The van der Waals surface area contributed by atoms with Gasteiger partial charge < -0.3 is 39.9 Å². The third-order valence-corrected chi connectivity index (χ3v) is 17.8. The van der Waals surface area contributed by atoms with E-state index in [-0.39, 0.29) is 46.7 Å². The number of aliphatic carboxylic acids is 1.